The number of anilines is 1. The Morgan fingerprint density at radius 1 is 1.50 bits per heavy atom. The summed E-state index contributed by atoms with van der Waals surface area (Å²) in [7, 11) is 0. The number of nitriles is 1. The van der Waals surface area contributed by atoms with Crippen LogP contribution in [-0.4, -0.2) is 11.0 Å². The maximum absolute atomic E-state index is 8.92. The van der Waals surface area contributed by atoms with E-state index < -0.39 is 0 Å². The molecule has 0 aliphatic carbocycles. The summed E-state index contributed by atoms with van der Waals surface area (Å²) >= 11 is 1.76. The van der Waals surface area contributed by atoms with Crippen molar-refractivity contribution < 1.29 is 0 Å². The quantitative estimate of drug-likeness (QED) is 0.913. The van der Waals surface area contributed by atoms with Gasteiger partial charge in [-0.3, -0.25) is 0 Å². The molecule has 2 aromatic rings. The molecule has 0 saturated heterocycles. The molecule has 0 bridgehead atoms. The van der Waals surface area contributed by atoms with E-state index in [0.717, 1.165) is 17.9 Å². The van der Waals surface area contributed by atoms with Gasteiger partial charge in [-0.25, -0.2) is 4.98 Å². The van der Waals surface area contributed by atoms with Crippen LogP contribution in [0.2, 0.25) is 0 Å². The van der Waals surface area contributed by atoms with Gasteiger partial charge in [0.05, 0.1) is 11.6 Å². The molecule has 2 heterocycles. The van der Waals surface area contributed by atoms with Crippen molar-refractivity contribution >= 4 is 17.2 Å². The van der Waals surface area contributed by atoms with Gasteiger partial charge in [-0.05, 0) is 37.4 Å². The number of nitrogens with zero attached hydrogens (tertiary/aromatic N) is 2. The smallest absolute Gasteiger partial charge is 0.127 e. The van der Waals surface area contributed by atoms with Crippen molar-refractivity contribution in [2.24, 2.45) is 0 Å². The monoisotopic (exact) mass is 257 g/mol. The minimum absolute atomic E-state index is 0.296. The summed E-state index contributed by atoms with van der Waals surface area (Å²) in [5.41, 5.74) is 1.51. The van der Waals surface area contributed by atoms with Crippen LogP contribution in [0.25, 0.3) is 0 Å². The van der Waals surface area contributed by atoms with Gasteiger partial charge in [-0.1, -0.05) is 6.07 Å². The topological polar surface area (TPSA) is 48.7 Å². The molecule has 0 aromatic carbocycles. The predicted octanol–water partition coefficient (Wildman–Crippen LogP) is 3.37. The van der Waals surface area contributed by atoms with E-state index in [9.17, 15) is 0 Å². The van der Waals surface area contributed by atoms with E-state index in [1.807, 2.05) is 6.92 Å². The highest BCUT2D eigenvalue weighted by atomic mass is 32.1. The van der Waals surface area contributed by atoms with Crippen molar-refractivity contribution in [2.75, 3.05) is 5.32 Å². The molecule has 1 unspecified atom stereocenters. The first-order chi connectivity index (χ1) is 8.67. The standard InChI is InChI=1S/C14H15N3S/c1-10-6-12(9-15)8-14(16-10)17-11(2)7-13-4-3-5-18-13/h3-6,8,11H,7H2,1-2H3,(H,16,17). The molecule has 0 saturated carbocycles. The number of nitrogens with one attached hydrogen (secondary N) is 1. The molecule has 0 aliphatic heterocycles. The largest absolute Gasteiger partial charge is 0.367 e. The minimum atomic E-state index is 0.296. The molecule has 0 amide bonds. The molecule has 3 nitrogen and oxygen atoms in total. The van der Waals surface area contributed by atoms with Gasteiger partial charge in [-0.15, -0.1) is 11.3 Å². The first-order valence-corrected chi connectivity index (χ1v) is 6.73. The van der Waals surface area contributed by atoms with Crippen LogP contribution in [0.3, 0.4) is 0 Å². The molecule has 0 spiro atoms. The summed E-state index contributed by atoms with van der Waals surface area (Å²) in [6.45, 7) is 4.02. The SMILES string of the molecule is Cc1cc(C#N)cc(NC(C)Cc2cccs2)n1. The Labute approximate surface area is 111 Å². The van der Waals surface area contributed by atoms with Gasteiger partial charge < -0.3 is 5.32 Å². The summed E-state index contributed by atoms with van der Waals surface area (Å²) in [4.78, 5) is 5.74. The zero-order valence-electron chi connectivity index (χ0n) is 10.5. The van der Waals surface area contributed by atoms with Crippen LogP contribution in [0, 0.1) is 18.3 Å². The number of aryl methyl sites for hydroxylation is 1. The van der Waals surface area contributed by atoms with Gasteiger partial charge in [0.15, 0.2) is 0 Å². The van der Waals surface area contributed by atoms with E-state index in [1.165, 1.54) is 4.88 Å². The number of aromatic nitrogens is 1. The van der Waals surface area contributed by atoms with Crippen molar-refractivity contribution in [3.63, 3.8) is 0 Å². The summed E-state index contributed by atoms with van der Waals surface area (Å²) in [5, 5.41) is 14.3. The average molecular weight is 257 g/mol. The Hall–Kier alpha value is -1.86. The molecular formula is C14H15N3S. The van der Waals surface area contributed by atoms with Crippen molar-refractivity contribution in [1.29, 1.82) is 5.26 Å². The van der Waals surface area contributed by atoms with Crippen molar-refractivity contribution in [1.82, 2.24) is 4.98 Å². The van der Waals surface area contributed by atoms with Gasteiger partial charge in [0, 0.05) is 23.0 Å². The highest BCUT2D eigenvalue weighted by molar-refractivity contribution is 7.09. The predicted molar refractivity (Wildman–Crippen MR) is 74.8 cm³/mol. The lowest BCUT2D eigenvalue weighted by Gasteiger charge is -2.14. The molecule has 0 fully saturated rings. The van der Waals surface area contributed by atoms with Gasteiger partial charge in [-0.2, -0.15) is 5.26 Å². The van der Waals surface area contributed by atoms with E-state index in [1.54, 1.807) is 23.5 Å². The zero-order chi connectivity index (χ0) is 13.0. The fraction of sp³-hybridized carbons (Fsp3) is 0.286. The third-order valence-corrected chi connectivity index (χ3v) is 3.46. The van der Waals surface area contributed by atoms with E-state index in [4.69, 9.17) is 5.26 Å². The Morgan fingerprint density at radius 3 is 3.00 bits per heavy atom. The lowest BCUT2D eigenvalue weighted by atomic mass is 10.2. The summed E-state index contributed by atoms with van der Waals surface area (Å²) < 4.78 is 0. The first-order valence-electron chi connectivity index (χ1n) is 5.85. The molecule has 1 N–H and O–H groups in total. The number of hydrogen-bond donors (Lipinski definition) is 1. The van der Waals surface area contributed by atoms with Crippen LogP contribution in [0.15, 0.2) is 29.6 Å². The maximum atomic E-state index is 8.92. The van der Waals surface area contributed by atoms with Crippen LogP contribution >= 0.6 is 11.3 Å². The van der Waals surface area contributed by atoms with Gasteiger partial charge in [0.25, 0.3) is 0 Å². The van der Waals surface area contributed by atoms with Crippen LogP contribution in [0.5, 0.6) is 0 Å². The fourth-order valence-electron chi connectivity index (χ4n) is 1.84. The normalized spacial score (nSPS) is 11.8. The van der Waals surface area contributed by atoms with Crippen LogP contribution in [0.4, 0.5) is 5.82 Å². The Kier molecular flexibility index (Phi) is 3.96. The van der Waals surface area contributed by atoms with E-state index in [0.29, 0.717) is 11.6 Å². The van der Waals surface area contributed by atoms with Gasteiger partial charge in [0.1, 0.15) is 5.82 Å². The second kappa shape index (κ2) is 5.65. The number of rotatable bonds is 4. The third kappa shape index (κ3) is 3.31. The van der Waals surface area contributed by atoms with Crippen LogP contribution in [0.1, 0.15) is 23.1 Å². The molecule has 0 radical (unpaired) electrons. The molecule has 4 heteroatoms. The van der Waals surface area contributed by atoms with Crippen LogP contribution in [-0.2, 0) is 6.42 Å². The lowest BCUT2D eigenvalue weighted by molar-refractivity contribution is 0.793. The molecule has 0 aliphatic rings. The van der Waals surface area contributed by atoms with E-state index >= 15 is 0 Å². The Bertz CT molecular complexity index is 555. The average Bonchev–Trinajstić information content (AvgIpc) is 2.80. The third-order valence-electron chi connectivity index (χ3n) is 2.56. The molecule has 2 aromatic heterocycles. The summed E-state index contributed by atoms with van der Waals surface area (Å²) in [5.74, 6) is 0.774. The van der Waals surface area contributed by atoms with E-state index in [-0.39, 0.29) is 0 Å². The van der Waals surface area contributed by atoms with Crippen LogP contribution < -0.4 is 5.32 Å². The van der Waals surface area contributed by atoms with Crippen molar-refractivity contribution in [3.8, 4) is 6.07 Å². The van der Waals surface area contributed by atoms with Crippen molar-refractivity contribution in [2.45, 2.75) is 26.3 Å². The fourth-order valence-corrected chi connectivity index (χ4v) is 2.68. The van der Waals surface area contributed by atoms with Crippen molar-refractivity contribution in [3.05, 3.63) is 45.8 Å². The zero-order valence-corrected chi connectivity index (χ0v) is 11.3. The number of thiophene rings is 1. The summed E-state index contributed by atoms with van der Waals surface area (Å²) in [6.07, 6.45) is 0.967. The van der Waals surface area contributed by atoms with Gasteiger partial charge in [0.2, 0.25) is 0 Å². The molecule has 2 rings (SSSR count). The number of pyridine rings is 1. The Morgan fingerprint density at radius 2 is 2.33 bits per heavy atom. The molecule has 18 heavy (non-hydrogen) atoms. The van der Waals surface area contributed by atoms with E-state index in [2.05, 4.69) is 40.8 Å². The molecule has 1 atom stereocenters. The minimum Gasteiger partial charge on any atom is -0.367 e. The summed E-state index contributed by atoms with van der Waals surface area (Å²) in [6, 6.07) is 10.2. The lowest BCUT2D eigenvalue weighted by Crippen LogP contribution is -2.18. The molecule has 92 valence electrons. The second-order valence-corrected chi connectivity index (χ2v) is 5.36. The Balaban J connectivity index is 2.05. The highest BCUT2D eigenvalue weighted by Gasteiger charge is 2.06. The highest BCUT2D eigenvalue weighted by Crippen LogP contribution is 2.15. The van der Waals surface area contributed by atoms with Gasteiger partial charge >= 0.3 is 0 Å². The first kappa shape index (κ1) is 12.6. The number of hydrogen-bond acceptors (Lipinski definition) is 4. The maximum Gasteiger partial charge on any atom is 0.127 e. The molecular weight excluding hydrogens is 242 g/mol. The second-order valence-electron chi connectivity index (χ2n) is 4.32.